The molecule has 0 saturated carbocycles. The van der Waals surface area contributed by atoms with Gasteiger partial charge >= 0.3 is 7.98 Å². The molecule has 0 aliphatic rings. The van der Waals surface area contributed by atoms with E-state index in [4.69, 9.17) is 7.98 Å². The molecule has 2 aromatic rings. The van der Waals surface area contributed by atoms with Crippen LogP contribution < -0.4 is 4.48 Å². The third-order valence-electron chi connectivity index (χ3n) is 1.64. The molecule has 0 amide bonds. The molecule has 2 aromatic heterocycles. The van der Waals surface area contributed by atoms with Gasteiger partial charge in [0.2, 0.25) is 5.52 Å². The first-order valence-corrected chi connectivity index (χ1v) is 4.56. The average molecular weight is 267 g/mol. The van der Waals surface area contributed by atoms with Crippen molar-refractivity contribution in [3.63, 3.8) is 0 Å². The molecule has 12 heavy (non-hydrogen) atoms. The molecule has 2 nitrogen and oxygen atoms in total. The summed E-state index contributed by atoms with van der Waals surface area (Å²) in [6.45, 7) is 0. The van der Waals surface area contributed by atoms with Gasteiger partial charge in [0.15, 0.2) is 0 Å². The second-order valence-electron chi connectivity index (χ2n) is 2.47. The van der Waals surface area contributed by atoms with Gasteiger partial charge in [-0.05, 0) is 28.7 Å². The van der Waals surface area contributed by atoms with Gasteiger partial charge in [0.05, 0.1) is 0 Å². The Hall–Kier alpha value is -0.645. The Morgan fingerprint density at radius 2 is 2.33 bits per heavy atom. The van der Waals surface area contributed by atoms with Crippen LogP contribution >= 0.6 is 22.6 Å². The summed E-state index contributed by atoms with van der Waals surface area (Å²) in [6.07, 6.45) is 3.63. The minimum Gasteiger partial charge on any atom is -0.285 e. The van der Waals surface area contributed by atoms with Crippen molar-refractivity contribution in [3.8, 4) is 0 Å². The van der Waals surface area contributed by atoms with Crippen molar-refractivity contribution in [2.75, 3.05) is 0 Å². The maximum Gasteiger partial charge on any atom is 0.586 e. The largest absolute Gasteiger partial charge is 0.586 e. The van der Waals surface area contributed by atoms with Crippen LogP contribution in [0.5, 0.6) is 0 Å². The minimum absolute atomic E-state index is 0.917. The minimum atomic E-state index is 0.917. The van der Waals surface area contributed by atoms with Crippen molar-refractivity contribution < 1.29 is 4.48 Å². The van der Waals surface area contributed by atoms with Gasteiger partial charge < -0.3 is 0 Å². The molecule has 0 atom stereocenters. The highest BCUT2D eigenvalue weighted by molar-refractivity contribution is 14.1. The maximum atomic E-state index is 5.70. The molecule has 0 bridgehead atoms. The zero-order chi connectivity index (χ0) is 8.55. The molecule has 0 unspecified atom stereocenters. The van der Waals surface area contributed by atoms with Crippen molar-refractivity contribution in [1.82, 2.24) is 4.98 Å². The SMILES string of the molecule is [B][n+]1cccc2ncc(I)cc21. The van der Waals surface area contributed by atoms with E-state index in [-0.39, 0.29) is 0 Å². The topological polar surface area (TPSA) is 16.8 Å². The second-order valence-corrected chi connectivity index (χ2v) is 3.72. The zero-order valence-electron chi connectivity index (χ0n) is 6.24. The van der Waals surface area contributed by atoms with Crippen molar-refractivity contribution in [2.24, 2.45) is 0 Å². The first-order valence-electron chi connectivity index (χ1n) is 3.48. The third-order valence-corrected chi connectivity index (χ3v) is 2.23. The van der Waals surface area contributed by atoms with Crippen LogP contribution in [-0.2, 0) is 0 Å². The van der Waals surface area contributed by atoms with E-state index in [1.54, 1.807) is 10.7 Å². The molecule has 0 N–H and O–H groups in total. The van der Waals surface area contributed by atoms with E-state index in [2.05, 4.69) is 27.6 Å². The number of nitrogens with zero attached hydrogens (tertiary/aromatic N) is 2. The fourth-order valence-corrected chi connectivity index (χ4v) is 1.52. The molecule has 0 fully saturated rings. The Morgan fingerprint density at radius 3 is 3.17 bits per heavy atom. The lowest BCUT2D eigenvalue weighted by atomic mass is 10.2. The Labute approximate surface area is 85.2 Å². The Kier molecular flexibility index (Phi) is 2.00. The number of pyridine rings is 2. The predicted molar refractivity (Wildman–Crippen MR) is 55.8 cm³/mol. The van der Waals surface area contributed by atoms with Gasteiger partial charge in [0.25, 0.3) is 0 Å². The van der Waals surface area contributed by atoms with Gasteiger partial charge in [0, 0.05) is 21.9 Å². The van der Waals surface area contributed by atoms with Crippen LogP contribution in [0.4, 0.5) is 0 Å². The highest BCUT2D eigenvalue weighted by Gasteiger charge is 2.04. The van der Waals surface area contributed by atoms with E-state index in [1.807, 2.05) is 24.4 Å². The number of hydrogen-bond donors (Lipinski definition) is 0. The molecular weight excluding hydrogens is 262 g/mol. The predicted octanol–water partition coefficient (Wildman–Crippen LogP) is 1.06. The molecule has 0 aliphatic carbocycles. The maximum absolute atomic E-state index is 5.70. The second kappa shape index (κ2) is 3.01. The molecule has 2 rings (SSSR count). The van der Waals surface area contributed by atoms with Gasteiger partial charge in [-0.25, -0.2) is 4.98 Å². The zero-order valence-corrected chi connectivity index (χ0v) is 8.39. The third kappa shape index (κ3) is 1.31. The van der Waals surface area contributed by atoms with E-state index >= 15 is 0 Å². The molecule has 2 radical (unpaired) electrons. The van der Waals surface area contributed by atoms with Crippen LogP contribution in [0.1, 0.15) is 0 Å². The van der Waals surface area contributed by atoms with Gasteiger partial charge in [-0.2, -0.15) is 0 Å². The van der Waals surface area contributed by atoms with Crippen LogP contribution in [0.2, 0.25) is 0 Å². The highest BCUT2D eigenvalue weighted by atomic mass is 127. The highest BCUT2D eigenvalue weighted by Crippen LogP contribution is 2.09. The molecule has 0 saturated heterocycles. The number of rotatable bonds is 0. The molecule has 0 aromatic carbocycles. The van der Waals surface area contributed by atoms with Crippen molar-refractivity contribution in [2.45, 2.75) is 0 Å². The molecule has 56 valence electrons. The Morgan fingerprint density at radius 1 is 1.50 bits per heavy atom. The van der Waals surface area contributed by atoms with Crippen LogP contribution in [0.3, 0.4) is 0 Å². The summed E-state index contributed by atoms with van der Waals surface area (Å²) in [7, 11) is 5.70. The summed E-state index contributed by atoms with van der Waals surface area (Å²) in [4.78, 5) is 4.23. The number of halogens is 1. The van der Waals surface area contributed by atoms with Gasteiger partial charge in [-0.3, -0.25) is 4.48 Å². The van der Waals surface area contributed by atoms with E-state index in [0.717, 1.165) is 14.6 Å². The monoisotopic (exact) mass is 267 g/mol. The fraction of sp³-hybridized carbons (Fsp3) is 0. The van der Waals surface area contributed by atoms with Crippen LogP contribution in [0.25, 0.3) is 11.0 Å². The van der Waals surface area contributed by atoms with Crippen molar-refractivity contribution >= 4 is 41.6 Å². The lowest BCUT2D eigenvalue weighted by molar-refractivity contribution is -0.491. The normalized spacial score (nSPS) is 10.4. The molecule has 2 heterocycles. The Balaban J connectivity index is 2.88. The van der Waals surface area contributed by atoms with E-state index in [0.29, 0.717) is 0 Å². The van der Waals surface area contributed by atoms with Gasteiger partial charge in [-0.1, -0.05) is 0 Å². The summed E-state index contributed by atoms with van der Waals surface area (Å²) < 4.78 is 2.66. The summed E-state index contributed by atoms with van der Waals surface area (Å²) in [6, 6.07) is 5.82. The quantitative estimate of drug-likeness (QED) is 0.515. The lowest BCUT2D eigenvalue weighted by Crippen LogP contribution is -2.31. The number of hydrogen-bond acceptors (Lipinski definition) is 1. The first-order chi connectivity index (χ1) is 5.77. The van der Waals surface area contributed by atoms with Crippen LogP contribution in [0, 0.1) is 3.57 Å². The molecular formula is C8H5BIN2+. The number of fused-ring (bicyclic) bond motifs is 1. The summed E-state index contributed by atoms with van der Waals surface area (Å²) in [5.41, 5.74) is 1.87. The van der Waals surface area contributed by atoms with Crippen molar-refractivity contribution in [3.05, 3.63) is 34.2 Å². The van der Waals surface area contributed by atoms with E-state index < -0.39 is 0 Å². The number of aromatic nitrogens is 2. The fourth-order valence-electron chi connectivity index (χ4n) is 1.08. The van der Waals surface area contributed by atoms with E-state index in [9.17, 15) is 0 Å². The summed E-state index contributed by atoms with van der Waals surface area (Å²) in [5, 5.41) is 0. The molecule has 0 spiro atoms. The standard InChI is InChI=1S/C8H5BIN2/c9-12-3-1-2-7-8(12)4-6(10)5-11-7/h1-5H/q+1. The Bertz CT molecular complexity index is 430. The van der Waals surface area contributed by atoms with Crippen LogP contribution in [0.15, 0.2) is 30.6 Å². The smallest absolute Gasteiger partial charge is 0.285 e. The summed E-state index contributed by atoms with van der Waals surface area (Å²) in [5.74, 6) is 0. The summed E-state index contributed by atoms with van der Waals surface area (Å²) >= 11 is 2.21. The average Bonchev–Trinajstić information content (AvgIpc) is 2.07. The first kappa shape index (κ1) is 7.98. The van der Waals surface area contributed by atoms with Gasteiger partial charge in [0.1, 0.15) is 11.7 Å². The molecule has 4 heteroatoms. The van der Waals surface area contributed by atoms with Crippen LogP contribution in [-0.4, -0.2) is 13.0 Å². The molecule has 0 aliphatic heterocycles. The van der Waals surface area contributed by atoms with Gasteiger partial charge in [-0.15, -0.1) is 0 Å². The lowest BCUT2D eigenvalue weighted by Gasteiger charge is -1.95. The van der Waals surface area contributed by atoms with E-state index in [1.165, 1.54) is 0 Å². The van der Waals surface area contributed by atoms with Crippen molar-refractivity contribution in [1.29, 1.82) is 0 Å².